The van der Waals surface area contributed by atoms with E-state index >= 15 is 0 Å². The number of hydrogen-bond donors (Lipinski definition) is 3. The molecule has 5 N–H and O–H groups in total. The van der Waals surface area contributed by atoms with E-state index in [1.54, 1.807) is 0 Å². The third kappa shape index (κ3) is 4.87. The van der Waals surface area contributed by atoms with E-state index in [1.165, 1.54) is 30.5 Å². The van der Waals surface area contributed by atoms with Crippen molar-refractivity contribution in [3.05, 3.63) is 66.3 Å². The molecule has 0 aliphatic rings. The van der Waals surface area contributed by atoms with Crippen LogP contribution in [-0.4, -0.2) is 31.3 Å². The van der Waals surface area contributed by atoms with Gasteiger partial charge < -0.3 is 26.9 Å². The van der Waals surface area contributed by atoms with Crippen LogP contribution in [0.25, 0.3) is 11.3 Å². The molecular formula is C17H14Cl2N8O4. The number of halogens is 2. The molecule has 0 atom stereocenters. The lowest BCUT2D eigenvalue weighted by molar-refractivity contribution is -0.389. The lowest BCUT2D eigenvalue weighted by Gasteiger charge is -2.09. The van der Waals surface area contributed by atoms with Crippen LogP contribution in [0.4, 0.5) is 29.0 Å². The van der Waals surface area contributed by atoms with Gasteiger partial charge >= 0.3 is 11.5 Å². The van der Waals surface area contributed by atoms with E-state index in [4.69, 9.17) is 34.7 Å². The fraction of sp³-hybridized carbons (Fsp3) is 0.118. The number of benzene rings is 1. The molecule has 160 valence electrons. The number of rotatable bonds is 7. The van der Waals surface area contributed by atoms with E-state index in [1.807, 2.05) is 0 Å². The highest BCUT2D eigenvalue weighted by molar-refractivity contribution is 6.36. The Labute approximate surface area is 184 Å². The largest absolute Gasteiger partial charge is 0.390 e. The van der Waals surface area contributed by atoms with Gasteiger partial charge in [0.15, 0.2) is 17.7 Å². The molecule has 3 rings (SSSR count). The highest BCUT2D eigenvalue weighted by atomic mass is 35.5. The second-order valence-electron chi connectivity index (χ2n) is 6.18. The minimum Gasteiger partial charge on any atom is -0.384 e. The summed E-state index contributed by atoms with van der Waals surface area (Å²) in [6, 6.07) is 5.81. The number of hydrogen-bond acceptors (Lipinski definition) is 10. The second-order valence-corrected chi connectivity index (χ2v) is 7.03. The monoisotopic (exact) mass is 464 g/mol. The van der Waals surface area contributed by atoms with E-state index in [-0.39, 0.29) is 58.0 Å². The molecule has 0 saturated carbocycles. The minimum absolute atomic E-state index is 0.0490. The summed E-state index contributed by atoms with van der Waals surface area (Å²) in [5, 5.41) is 26.1. The Balaban J connectivity index is 1.87. The number of nitro groups is 2. The SMILES string of the molecule is Nc1cc(CCNc2cnc([N+](=O)[O-])c(-c3ccc(Cl)cc3Cl)n2)c([N+](=O)[O-])c(N)n1. The first-order valence-corrected chi connectivity index (χ1v) is 9.33. The van der Waals surface area contributed by atoms with Crippen LogP contribution in [0.15, 0.2) is 30.5 Å². The van der Waals surface area contributed by atoms with Crippen LogP contribution >= 0.6 is 23.2 Å². The summed E-state index contributed by atoms with van der Waals surface area (Å²) in [6.07, 6.45) is 1.33. The van der Waals surface area contributed by atoms with Gasteiger partial charge in [-0.15, -0.1) is 0 Å². The third-order valence-electron chi connectivity index (χ3n) is 4.11. The molecule has 31 heavy (non-hydrogen) atoms. The number of nitrogen functional groups attached to an aromatic ring is 2. The highest BCUT2D eigenvalue weighted by Gasteiger charge is 2.23. The van der Waals surface area contributed by atoms with Gasteiger partial charge in [0.1, 0.15) is 5.82 Å². The van der Waals surface area contributed by atoms with Gasteiger partial charge in [-0.3, -0.25) is 10.1 Å². The van der Waals surface area contributed by atoms with E-state index in [0.29, 0.717) is 5.02 Å². The van der Waals surface area contributed by atoms with Crippen LogP contribution in [0.1, 0.15) is 5.56 Å². The molecule has 0 saturated heterocycles. The van der Waals surface area contributed by atoms with Crippen molar-refractivity contribution < 1.29 is 9.85 Å². The highest BCUT2D eigenvalue weighted by Crippen LogP contribution is 2.34. The first-order valence-electron chi connectivity index (χ1n) is 8.57. The molecule has 3 aromatic rings. The average molecular weight is 465 g/mol. The van der Waals surface area contributed by atoms with Crippen molar-refractivity contribution in [3.8, 4) is 11.3 Å². The molecule has 0 radical (unpaired) electrons. The lowest BCUT2D eigenvalue weighted by Crippen LogP contribution is -2.11. The summed E-state index contributed by atoms with van der Waals surface area (Å²) in [4.78, 5) is 33.1. The van der Waals surface area contributed by atoms with Gasteiger partial charge in [0.05, 0.1) is 9.95 Å². The summed E-state index contributed by atoms with van der Waals surface area (Å²) < 4.78 is 0. The Kier molecular flexibility index (Phi) is 6.32. The minimum atomic E-state index is -0.678. The summed E-state index contributed by atoms with van der Waals surface area (Å²) in [5.41, 5.74) is 11.4. The third-order valence-corrected chi connectivity index (χ3v) is 4.66. The maximum Gasteiger partial charge on any atom is 0.390 e. The Morgan fingerprint density at radius 2 is 1.81 bits per heavy atom. The van der Waals surface area contributed by atoms with Crippen LogP contribution in [0.3, 0.4) is 0 Å². The molecule has 2 aromatic heterocycles. The molecule has 0 fully saturated rings. The van der Waals surface area contributed by atoms with Crippen LogP contribution in [0.2, 0.25) is 10.0 Å². The zero-order chi connectivity index (χ0) is 22.7. The van der Waals surface area contributed by atoms with E-state index in [0.717, 1.165) is 0 Å². The maximum absolute atomic E-state index is 11.4. The average Bonchev–Trinajstić information content (AvgIpc) is 2.67. The maximum atomic E-state index is 11.4. The Hall–Kier alpha value is -3.77. The Bertz CT molecular complexity index is 1190. The number of pyridine rings is 1. The van der Waals surface area contributed by atoms with Crippen molar-refractivity contribution in [2.24, 2.45) is 0 Å². The van der Waals surface area contributed by atoms with Crippen LogP contribution < -0.4 is 16.8 Å². The van der Waals surface area contributed by atoms with Crippen LogP contribution in [0.5, 0.6) is 0 Å². The predicted octanol–water partition coefficient (Wildman–Crippen LogP) is 3.48. The number of aromatic nitrogens is 3. The van der Waals surface area contributed by atoms with Gasteiger partial charge in [0.25, 0.3) is 0 Å². The smallest absolute Gasteiger partial charge is 0.384 e. The first-order chi connectivity index (χ1) is 14.7. The van der Waals surface area contributed by atoms with E-state index in [2.05, 4.69) is 20.3 Å². The molecule has 0 bridgehead atoms. The molecule has 2 heterocycles. The molecule has 0 unspecified atom stereocenters. The van der Waals surface area contributed by atoms with Gasteiger partial charge in [0.2, 0.25) is 5.82 Å². The van der Waals surface area contributed by atoms with Crippen molar-refractivity contribution in [1.29, 1.82) is 0 Å². The number of anilines is 3. The summed E-state index contributed by atoms with van der Waals surface area (Å²) in [5.74, 6) is -0.521. The lowest BCUT2D eigenvalue weighted by atomic mass is 10.1. The molecule has 12 nitrogen and oxygen atoms in total. The summed E-state index contributed by atoms with van der Waals surface area (Å²) in [7, 11) is 0. The van der Waals surface area contributed by atoms with Crippen molar-refractivity contribution in [2.45, 2.75) is 6.42 Å². The van der Waals surface area contributed by atoms with Crippen LogP contribution in [-0.2, 0) is 6.42 Å². The summed E-state index contributed by atoms with van der Waals surface area (Å²) >= 11 is 12.1. The zero-order valence-corrected chi connectivity index (χ0v) is 17.1. The number of nitrogens with two attached hydrogens (primary N) is 2. The number of nitrogens with one attached hydrogen (secondary N) is 1. The van der Waals surface area contributed by atoms with E-state index < -0.39 is 15.7 Å². The topological polar surface area (TPSA) is 189 Å². The molecule has 1 aromatic carbocycles. The van der Waals surface area contributed by atoms with E-state index in [9.17, 15) is 20.2 Å². The number of nitrogens with zero attached hydrogens (tertiary/aromatic N) is 5. The Morgan fingerprint density at radius 1 is 1.06 bits per heavy atom. The quantitative estimate of drug-likeness (QED) is 0.344. The van der Waals surface area contributed by atoms with Gasteiger partial charge in [-0.1, -0.05) is 23.2 Å². The second kappa shape index (κ2) is 8.93. The van der Waals surface area contributed by atoms with Gasteiger partial charge in [0, 0.05) is 22.7 Å². The molecule has 0 amide bonds. The fourth-order valence-electron chi connectivity index (χ4n) is 2.83. The first kappa shape index (κ1) is 21.9. The van der Waals surface area contributed by atoms with Gasteiger partial charge in [-0.2, -0.15) is 0 Å². The Morgan fingerprint density at radius 3 is 2.45 bits per heavy atom. The molecular weight excluding hydrogens is 451 g/mol. The standard InChI is InChI=1S/C17H14Cl2N8O4/c18-9-1-2-10(11(19)6-9)14-17(27(30)31)23-7-13(25-14)22-4-3-8-5-12(20)24-16(21)15(8)26(28)29/h1-2,5-7H,3-4H2,(H,22,25)(H4,20,21,24). The van der Waals surface area contributed by atoms with Crippen molar-refractivity contribution in [1.82, 2.24) is 15.0 Å². The van der Waals surface area contributed by atoms with Crippen LogP contribution in [0, 0.1) is 20.2 Å². The summed E-state index contributed by atoms with van der Waals surface area (Å²) in [6.45, 7) is 0.171. The molecule has 14 heteroatoms. The van der Waals surface area contributed by atoms with Crippen molar-refractivity contribution >= 4 is 52.2 Å². The zero-order valence-electron chi connectivity index (χ0n) is 15.6. The molecule has 0 aliphatic heterocycles. The normalized spacial score (nSPS) is 10.6. The van der Waals surface area contributed by atoms with Gasteiger partial charge in [-0.25, -0.2) is 9.97 Å². The molecule has 0 aliphatic carbocycles. The van der Waals surface area contributed by atoms with Crippen molar-refractivity contribution in [2.75, 3.05) is 23.3 Å². The van der Waals surface area contributed by atoms with Gasteiger partial charge in [-0.05, 0) is 40.6 Å². The van der Waals surface area contributed by atoms with Crippen molar-refractivity contribution in [3.63, 3.8) is 0 Å². The molecule has 0 spiro atoms. The predicted molar refractivity (Wildman–Crippen MR) is 116 cm³/mol. The fourth-order valence-corrected chi connectivity index (χ4v) is 3.32.